The lowest BCUT2D eigenvalue weighted by Gasteiger charge is -2.25. The molecule has 10 heteroatoms. The zero-order chi connectivity index (χ0) is 27.2. The van der Waals surface area contributed by atoms with Crippen molar-refractivity contribution in [1.82, 2.24) is 5.43 Å². The first-order valence-electron chi connectivity index (χ1n) is 11.5. The molecule has 1 N–H and O–H groups in total. The minimum absolute atomic E-state index is 0.0633. The summed E-state index contributed by atoms with van der Waals surface area (Å²) in [5.74, 6) is 0.486. The van der Waals surface area contributed by atoms with Gasteiger partial charge in [0.2, 0.25) is 0 Å². The number of sulfonamides is 1. The molecule has 0 aromatic heterocycles. The molecule has 0 atom stereocenters. The van der Waals surface area contributed by atoms with Gasteiger partial charge in [-0.3, -0.25) is 9.10 Å². The van der Waals surface area contributed by atoms with Gasteiger partial charge in [0.15, 0.2) is 11.5 Å². The van der Waals surface area contributed by atoms with Crippen molar-refractivity contribution in [2.24, 2.45) is 5.10 Å². The number of halogens is 1. The Balaban J connectivity index is 1.93. The molecule has 0 spiro atoms. The van der Waals surface area contributed by atoms with Crippen LogP contribution in [0.15, 0.2) is 70.7 Å². The number of aryl methyl sites for hydroxylation is 2. The number of carbonyl (C=O) groups excluding carboxylic acids is 1. The highest BCUT2D eigenvalue weighted by Crippen LogP contribution is 2.30. The van der Waals surface area contributed by atoms with Crippen molar-refractivity contribution in [1.29, 1.82) is 0 Å². The summed E-state index contributed by atoms with van der Waals surface area (Å²) in [4.78, 5) is 13.1. The zero-order valence-electron chi connectivity index (χ0n) is 21.4. The molecule has 0 bridgehead atoms. The Hall–Kier alpha value is -3.56. The quantitative estimate of drug-likeness (QED) is 0.283. The number of nitrogens with zero attached hydrogens (tertiary/aromatic N) is 2. The van der Waals surface area contributed by atoms with Crippen LogP contribution >= 0.6 is 11.6 Å². The van der Waals surface area contributed by atoms with Gasteiger partial charge in [-0.2, -0.15) is 5.10 Å². The summed E-state index contributed by atoms with van der Waals surface area (Å²) in [5.41, 5.74) is 5.69. The van der Waals surface area contributed by atoms with Crippen LogP contribution in [0.5, 0.6) is 11.5 Å². The highest BCUT2D eigenvalue weighted by Gasteiger charge is 2.28. The molecule has 37 heavy (non-hydrogen) atoms. The average molecular weight is 544 g/mol. The van der Waals surface area contributed by atoms with Crippen molar-refractivity contribution in [2.45, 2.75) is 32.1 Å². The Kier molecular flexibility index (Phi) is 9.18. The van der Waals surface area contributed by atoms with Gasteiger partial charge >= 0.3 is 0 Å². The fourth-order valence-electron chi connectivity index (χ4n) is 3.65. The first-order valence-corrected chi connectivity index (χ1v) is 13.4. The molecule has 0 heterocycles. The molecule has 3 aromatic rings. The van der Waals surface area contributed by atoms with E-state index in [9.17, 15) is 13.2 Å². The van der Waals surface area contributed by atoms with Gasteiger partial charge in [-0.05, 0) is 68.3 Å². The first kappa shape index (κ1) is 28.0. The van der Waals surface area contributed by atoms with Crippen LogP contribution in [-0.2, 0) is 14.8 Å². The van der Waals surface area contributed by atoms with Crippen LogP contribution in [0, 0.1) is 13.8 Å². The van der Waals surface area contributed by atoms with Crippen LogP contribution in [0.3, 0.4) is 0 Å². The Morgan fingerprint density at radius 3 is 2.27 bits per heavy atom. The molecule has 0 saturated heterocycles. The van der Waals surface area contributed by atoms with Gasteiger partial charge in [0.25, 0.3) is 15.9 Å². The Bertz CT molecular complexity index is 1410. The molecule has 0 fully saturated rings. The number of benzene rings is 3. The average Bonchev–Trinajstić information content (AvgIpc) is 2.89. The highest BCUT2D eigenvalue weighted by molar-refractivity contribution is 7.92. The predicted octanol–water partition coefficient (Wildman–Crippen LogP) is 5.10. The largest absolute Gasteiger partial charge is 0.493 e. The number of hydrazone groups is 1. The van der Waals surface area contributed by atoms with Crippen molar-refractivity contribution >= 4 is 38.9 Å². The molecule has 0 aliphatic rings. The number of anilines is 1. The number of hydrogen-bond donors (Lipinski definition) is 1. The van der Waals surface area contributed by atoms with E-state index in [-0.39, 0.29) is 4.90 Å². The van der Waals surface area contributed by atoms with E-state index in [0.29, 0.717) is 39.9 Å². The summed E-state index contributed by atoms with van der Waals surface area (Å²) < 4.78 is 38.9. The lowest BCUT2D eigenvalue weighted by atomic mass is 10.1. The zero-order valence-corrected chi connectivity index (χ0v) is 23.0. The smallest absolute Gasteiger partial charge is 0.264 e. The van der Waals surface area contributed by atoms with E-state index in [1.807, 2.05) is 13.8 Å². The van der Waals surface area contributed by atoms with E-state index in [4.69, 9.17) is 21.1 Å². The molecular weight excluding hydrogens is 514 g/mol. The third-order valence-corrected chi connectivity index (χ3v) is 7.71. The lowest BCUT2D eigenvalue weighted by molar-refractivity contribution is -0.119. The summed E-state index contributed by atoms with van der Waals surface area (Å²) in [6.07, 6.45) is 0.508. The maximum atomic E-state index is 13.6. The number of carbonyl (C=O) groups is 1. The Morgan fingerprint density at radius 1 is 0.973 bits per heavy atom. The summed E-state index contributed by atoms with van der Waals surface area (Å²) in [7, 11) is -1.00. The van der Waals surface area contributed by atoms with Crippen LogP contribution in [0.1, 0.15) is 30.0 Å². The summed E-state index contributed by atoms with van der Waals surface area (Å²) in [6.45, 7) is 5.02. The molecule has 0 radical (unpaired) electrons. The molecule has 1 amide bonds. The van der Waals surface area contributed by atoms with E-state index in [1.54, 1.807) is 56.5 Å². The van der Waals surface area contributed by atoms with Gasteiger partial charge in [-0.25, -0.2) is 13.8 Å². The van der Waals surface area contributed by atoms with E-state index < -0.39 is 22.5 Å². The molecule has 0 unspecified atom stereocenters. The van der Waals surface area contributed by atoms with Gasteiger partial charge < -0.3 is 9.47 Å². The van der Waals surface area contributed by atoms with Crippen LogP contribution in [-0.4, -0.2) is 40.8 Å². The maximum absolute atomic E-state index is 13.6. The van der Waals surface area contributed by atoms with Gasteiger partial charge in [0.1, 0.15) is 6.54 Å². The normalized spacial score (nSPS) is 11.7. The van der Waals surface area contributed by atoms with Gasteiger partial charge in [-0.15, -0.1) is 0 Å². The fourth-order valence-corrected chi connectivity index (χ4v) is 5.29. The predicted molar refractivity (Wildman–Crippen MR) is 146 cm³/mol. The van der Waals surface area contributed by atoms with Crippen molar-refractivity contribution in [2.75, 3.05) is 25.1 Å². The van der Waals surface area contributed by atoms with Gasteiger partial charge in [0.05, 0.1) is 30.5 Å². The van der Waals surface area contributed by atoms with Crippen molar-refractivity contribution in [3.8, 4) is 11.5 Å². The second-order valence-corrected chi connectivity index (χ2v) is 10.6. The minimum Gasteiger partial charge on any atom is -0.493 e. The number of rotatable bonds is 10. The van der Waals surface area contributed by atoms with Gasteiger partial charge in [-0.1, -0.05) is 42.3 Å². The van der Waals surface area contributed by atoms with Crippen molar-refractivity contribution in [3.63, 3.8) is 0 Å². The lowest BCUT2D eigenvalue weighted by Crippen LogP contribution is -2.40. The fraction of sp³-hybridized carbons (Fsp3) is 0.259. The Labute approximate surface area is 222 Å². The second kappa shape index (κ2) is 12.1. The van der Waals surface area contributed by atoms with Crippen LogP contribution in [0.2, 0.25) is 5.02 Å². The number of amides is 1. The summed E-state index contributed by atoms with van der Waals surface area (Å²) >= 11 is 6.19. The molecule has 3 rings (SSSR count). The topological polar surface area (TPSA) is 97.3 Å². The number of ether oxygens (including phenoxy) is 2. The SMILES string of the molecule is CC/C(=N/NC(=O)CN(c1cc(Cl)ccc1C)S(=O)(=O)c1ccc(C)cc1)c1ccc(OC)c(OC)c1. The molecule has 8 nitrogen and oxygen atoms in total. The molecule has 0 aliphatic heterocycles. The third-order valence-electron chi connectivity index (χ3n) is 5.70. The number of methoxy groups -OCH3 is 2. The molecule has 0 saturated carbocycles. The third kappa shape index (κ3) is 6.61. The number of nitrogens with one attached hydrogen (secondary N) is 1. The van der Waals surface area contributed by atoms with E-state index in [0.717, 1.165) is 15.4 Å². The van der Waals surface area contributed by atoms with Crippen LogP contribution in [0.25, 0.3) is 0 Å². The molecule has 196 valence electrons. The monoisotopic (exact) mass is 543 g/mol. The van der Waals surface area contributed by atoms with E-state index >= 15 is 0 Å². The molecule has 3 aromatic carbocycles. The van der Waals surface area contributed by atoms with Crippen LogP contribution in [0.4, 0.5) is 5.69 Å². The molecule has 0 aliphatic carbocycles. The Morgan fingerprint density at radius 2 is 1.65 bits per heavy atom. The van der Waals surface area contributed by atoms with E-state index in [1.165, 1.54) is 25.3 Å². The van der Waals surface area contributed by atoms with Crippen molar-refractivity contribution < 1.29 is 22.7 Å². The minimum atomic E-state index is -4.08. The second-order valence-electron chi connectivity index (χ2n) is 8.27. The van der Waals surface area contributed by atoms with Gasteiger partial charge in [0, 0.05) is 10.6 Å². The maximum Gasteiger partial charge on any atom is 0.264 e. The van der Waals surface area contributed by atoms with E-state index in [2.05, 4.69) is 10.5 Å². The summed E-state index contributed by atoms with van der Waals surface area (Å²) in [5, 5.41) is 4.62. The standard InChI is InChI=1S/C27H30ClN3O5S/c1-6-23(20-10-14-25(35-4)26(15-20)36-5)29-30-27(32)17-31(24-16-21(28)11-9-19(24)3)37(33,34)22-12-7-18(2)8-13-22/h7-16H,6,17H2,1-5H3,(H,30,32)/b29-23-. The highest BCUT2D eigenvalue weighted by atomic mass is 35.5. The van der Waals surface area contributed by atoms with Crippen molar-refractivity contribution in [3.05, 3.63) is 82.4 Å². The number of hydrogen-bond acceptors (Lipinski definition) is 6. The summed E-state index contributed by atoms with van der Waals surface area (Å²) in [6, 6.07) is 16.7. The first-order chi connectivity index (χ1) is 17.6. The van der Waals surface area contributed by atoms with Crippen LogP contribution < -0.4 is 19.2 Å². The molecular formula is C27H30ClN3O5S.